The van der Waals surface area contributed by atoms with Gasteiger partial charge >= 0.3 is 0 Å². The molecule has 7 unspecified atom stereocenters. The van der Waals surface area contributed by atoms with Crippen LogP contribution in [0.25, 0.3) is 0 Å². The van der Waals surface area contributed by atoms with Crippen molar-refractivity contribution in [2.45, 2.75) is 171 Å². The van der Waals surface area contributed by atoms with Crippen LogP contribution in [0.5, 0.6) is 0 Å². The molecule has 4 saturated carbocycles. The Labute approximate surface area is 257 Å². The number of hydrogen-bond donors (Lipinski definition) is 0. The molecule has 1 heteroatoms. The standard InChI is InChI=1S/C32H56S.C5H10.C2H6/c1-6-21-33-22-9-11-25-17-19-32(5)27(23-25)13-15-28-29-16-14-26(12-8-7-10-24(2)3)31(29,4)20-18-30(28)32;1-5-3-2-4-5;1-2/h13,24-26,28-30H,6-12,14-23H2,1-5H3;5H,2-4H2,1H3;1-2H3. The quantitative estimate of drug-likeness (QED) is 0.175. The molecule has 5 aliphatic carbocycles. The van der Waals surface area contributed by atoms with E-state index >= 15 is 0 Å². The first-order chi connectivity index (χ1) is 19.3. The maximum atomic E-state index is 2.81. The van der Waals surface area contributed by atoms with Crippen LogP contribution in [-0.4, -0.2) is 11.5 Å². The Morgan fingerprint density at radius 2 is 1.62 bits per heavy atom. The van der Waals surface area contributed by atoms with Crippen LogP contribution in [0.3, 0.4) is 0 Å². The van der Waals surface area contributed by atoms with E-state index in [9.17, 15) is 0 Å². The molecule has 0 saturated heterocycles. The summed E-state index contributed by atoms with van der Waals surface area (Å²) in [6, 6.07) is 0. The number of fused-ring (bicyclic) bond motifs is 5. The fourth-order valence-electron chi connectivity index (χ4n) is 9.84. The van der Waals surface area contributed by atoms with Crippen LogP contribution >= 0.6 is 11.8 Å². The Kier molecular flexibility index (Phi) is 14.5. The van der Waals surface area contributed by atoms with Crippen molar-refractivity contribution < 1.29 is 0 Å². The highest BCUT2D eigenvalue weighted by Crippen LogP contribution is 2.67. The lowest BCUT2D eigenvalue weighted by Crippen LogP contribution is -2.50. The molecule has 0 amide bonds. The fraction of sp³-hybridized carbons (Fsp3) is 0.949. The molecule has 0 N–H and O–H groups in total. The summed E-state index contributed by atoms with van der Waals surface area (Å²) in [5.74, 6) is 9.72. The van der Waals surface area contributed by atoms with Crippen LogP contribution in [0.15, 0.2) is 11.6 Å². The minimum absolute atomic E-state index is 0.549. The van der Waals surface area contributed by atoms with E-state index in [-0.39, 0.29) is 0 Å². The summed E-state index contributed by atoms with van der Waals surface area (Å²) >= 11 is 2.18. The molecule has 5 aliphatic rings. The molecule has 0 spiro atoms. The average molecular weight is 573 g/mol. The van der Waals surface area contributed by atoms with Gasteiger partial charge in [0, 0.05) is 0 Å². The summed E-state index contributed by atoms with van der Waals surface area (Å²) in [6.45, 7) is 18.8. The van der Waals surface area contributed by atoms with Crippen LogP contribution in [-0.2, 0) is 0 Å². The third-order valence-corrected chi connectivity index (χ3v) is 13.9. The second-order valence-electron chi connectivity index (χ2n) is 15.7. The third kappa shape index (κ3) is 8.59. The molecule has 0 aromatic rings. The Bertz CT molecular complexity index is 733. The minimum atomic E-state index is 0.549. The van der Waals surface area contributed by atoms with Crippen LogP contribution in [0, 0.1) is 52.3 Å². The van der Waals surface area contributed by atoms with Gasteiger partial charge in [0.1, 0.15) is 0 Å². The Balaban J connectivity index is 0.000000558. The van der Waals surface area contributed by atoms with Gasteiger partial charge in [0.05, 0.1) is 0 Å². The van der Waals surface area contributed by atoms with Gasteiger partial charge in [-0.1, -0.05) is 106 Å². The third-order valence-electron chi connectivity index (χ3n) is 12.6. The Morgan fingerprint density at radius 3 is 2.27 bits per heavy atom. The highest BCUT2D eigenvalue weighted by atomic mass is 32.2. The zero-order valence-corrected chi connectivity index (χ0v) is 29.5. The summed E-state index contributed by atoms with van der Waals surface area (Å²) in [5.41, 5.74) is 3.12. The van der Waals surface area contributed by atoms with Crippen molar-refractivity contribution in [2.24, 2.45) is 52.3 Å². The number of thioether (sulfide) groups is 1. The van der Waals surface area contributed by atoms with Gasteiger partial charge in [0.25, 0.3) is 0 Å². The number of unbranched alkanes of at least 4 members (excludes halogenated alkanes) is 1. The van der Waals surface area contributed by atoms with Gasteiger partial charge in [-0.3, -0.25) is 0 Å². The maximum Gasteiger partial charge on any atom is -0.00674 e. The largest absolute Gasteiger partial charge is 0.162 e. The zero-order chi connectivity index (χ0) is 29.2. The molecule has 0 heterocycles. The first-order valence-corrected chi connectivity index (χ1v) is 19.7. The van der Waals surface area contributed by atoms with Gasteiger partial charge in [0.15, 0.2) is 0 Å². The molecule has 0 aromatic carbocycles. The van der Waals surface area contributed by atoms with Gasteiger partial charge in [0.2, 0.25) is 0 Å². The van der Waals surface area contributed by atoms with Crippen LogP contribution < -0.4 is 0 Å². The first-order valence-electron chi connectivity index (χ1n) is 18.5. The van der Waals surface area contributed by atoms with E-state index in [1.807, 2.05) is 19.4 Å². The lowest BCUT2D eigenvalue weighted by molar-refractivity contribution is -0.0458. The molecular weight excluding hydrogens is 500 g/mol. The normalized spacial score (nSPS) is 36.6. The topological polar surface area (TPSA) is 0 Å². The molecule has 0 radical (unpaired) electrons. The summed E-state index contributed by atoms with van der Waals surface area (Å²) in [4.78, 5) is 0. The molecule has 5 rings (SSSR count). The number of allylic oxidation sites excluding steroid dienone is 2. The second-order valence-corrected chi connectivity index (χ2v) is 16.9. The van der Waals surface area contributed by atoms with Crippen LogP contribution in [0.2, 0.25) is 0 Å². The van der Waals surface area contributed by atoms with E-state index in [2.05, 4.69) is 59.4 Å². The summed E-state index contributed by atoms with van der Waals surface area (Å²) in [7, 11) is 0. The Morgan fingerprint density at radius 1 is 0.875 bits per heavy atom. The molecule has 4 fully saturated rings. The summed E-state index contributed by atoms with van der Waals surface area (Å²) in [5, 5.41) is 0. The number of rotatable bonds is 11. The molecule has 234 valence electrons. The number of hydrogen-bond acceptors (Lipinski definition) is 1. The molecule has 7 atom stereocenters. The van der Waals surface area contributed by atoms with Crippen molar-refractivity contribution in [1.29, 1.82) is 0 Å². The van der Waals surface area contributed by atoms with Crippen molar-refractivity contribution >= 4 is 11.8 Å². The smallest absolute Gasteiger partial charge is 0.00674 e. The highest BCUT2D eigenvalue weighted by Gasteiger charge is 2.58. The summed E-state index contributed by atoms with van der Waals surface area (Å²) in [6.07, 6.45) is 29.5. The molecular formula is C39H72S. The van der Waals surface area contributed by atoms with E-state index in [0.717, 1.165) is 41.4 Å². The van der Waals surface area contributed by atoms with Crippen molar-refractivity contribution in [3.05, 3.63) is 11.6 Å². The second kappa shape index (κ2) is 16.8. The zero-order valence-electron chi connectivity index (χ0n) is 28.7. The summed E-state index contributed by atoms with van der Waals surface area (Å²) < 4.78 is 0. The molecule has 0 aromatic heterocycles. The molecule has 0 nitrogen and oxygen atoms in total. The lowest BCUT2D eigenvalue weighted by Gasteiger charge is -2.58. The Hall–Kier alpha value is 0.0900. The maximum absolute atomic E-state index is 2.81. The van der Waals surface area contributed by atoms with Gasteiger partial charge in [-0.15, -0.1) is 0 Å². The van der Waals surface area contributed by atoms with E-state index in [1.54, 1.807) is 6.42 Å². The first kappa shape index (κ1) is 34.6. The monoisotopic (exact) mass is 573 g/mol. The van der Waals surface area contributed by atoms with E-state index < -0.39 is 0 Å². The van der Waals surface area contributed by atoms with E-state index in [1.165, 1.54) is 121 Å². The fourth-order valence-corrected chi connectivity index (χ4v) is 10.7. The van der Waals surface area contributed by atoms with Gasteiger partial charge in [-0.05, 0) is 141 Å². The van der Waals surface area contributed by atoms with Crippen LogP contribution in [0.4, 0.5) is 0 Å². The average Bonchev–Trinajstić information content (AvgIpc) is 3.27. The SMILES string of the molecule is CC.CC1CCC1.CCCSCCCC1CCC2(C)C(=CCC3C2CCC2(C)C(CCCCC(C)C)CCC32)C1. The van der Waals surface area contributed by atoms with Crippen molar-refractivity contribution in [1.82, 2.24) is 0 Å². The van der Waals surface area contributed by atoms with E-state index in [0.29, 0.717) is 10.8 Å². The predicted molar refractivity (Wildman–Crippen MR) is 183 cm³/mol. The van der Waals surface area contributed by atoms with Crippen molar-refractivity contribution in [3.8, 4) is 0 Å². The molecule has 40 heavy (non-hydrogen) atoms. The van der Waals surface area contributed by atoms with Gasteiger partial charge < -0.3 is 0 Å². The van der Waals surface area contributed by atoms with Gasteiger partial charge in [-0.25, -0.2) is 0 Å². The minimum Gasteiger partial charge on any atom is -0.162 e. The predicted octanol–water partition coefficient (Wildman–Crippen LogP) is 13.2. The van der Waals surface area contributed by atoms with Gasteiger partial charge in [-0.2, -0.15) is 11.8 Å². The molecule has 0 bridgehead atoms. The van der Waals surface area contributed by atoms with Crippen molar-refractivity contribution in [3.63, 3.8) is 0 Å². The van der Waals surface area contributed by atoms with E-state index in [4.69, 9.17) is 0 Å². The lowest BCUT2D eigenvalue weighted by atomic mass is 9.47. The molecule has 0 aliphatic heterocycles. The highest BCUT2D eigenvalue weighted by molar-refractivity contribution is 7.99. The van der Waals surface area contributed by atoms with Crippen LogP contribution in [0.1, 0.15) is 171 Å². The van der Waals surface area contributed by atoms with Crippen molar-refractivity contribution in [2.75, 3.05) is 11.5 Å².